The van der Waals surface area contributed by atoms with Gasteiger partial charge in [0.2, 0.25) is 0 Å². The molecule has 0 aliphatic rings. The first-order chi connectivity index (χ1) is 6.02. The summed E-state index contributed by atoms with van der Waals surface area (Å²) in [6.07, 6.45) is -0.754. The monoisotopic (exact) mass is 247 g/mol. The lowest BCUT2D eigenvalue weighted by Gasteiger charge is -2.15. The lowest BCUT2D eigenvalue weighted by Crippen LogP contribution is -2.24. The highest BCUT2D eigenvalue weighted by molar-refractivity contribution is 9.10. The zero-order chi connectivity index (χ0) is 10.0. The topological polar surface area (TPSA) is 46.2 Å². The van der Waals surface area contributed by atoms with E-state index >= 15 is 0 Å². The molecule has 0 bridgehead atoms. The maximum atomic E-state index is 13.2. The molecule has 72 valence electrons. The van der Waals surface area contributed by atoms with Gasteiger partial charge in [-0.25, -0.2) is 4.39 Å². The van der Waals surface area contributed by atoms with Crippen LogP contribution in [0.25, 0.3) is 0 Å². The van der Waals surface area contributed by atoms with E-state index in [1.54, 1.807) is 12.1 Å². The van der Waals surface area contributed by atoms with Crippen molar-refractivity contribution in [1.29, 1.82) is 0 Å². The van der Waals surface area contributed by atoms with Crippen molar-refractivity contribution in [3.05, 3.63) is 34.1 Å². The molecule has 1 aromatic rings. The van der Waals surface area contributed by atoms with Gasteiger partial charge in [-0.3, -0.25) is 0 Å². The molecule has 0 spiro atoms. The smallest absolute Gasteiger partial charge is 0.129 e. The third-order valence-corrected chi connectivity index (χ3v) is 2.33. The Balaban J connectivity index is 3.01. The van der Waals surface area contributed by atoms with E-state index in [4.69, 9.17) is 10.8 Å². The molecule has 0 fully saturated rings. The fraction of sp³-hybridized carbons (Fsp3) is 0.333. The van der Waals surface area contributed by atoms with Gasteiger partial charge in [0, 0.05) is 10.0 Å². The predicted molar refractivity (Wildman–Crippen MR) is 52.7 cm³/mol. The van der Waals surface area contributed by atoms with Gasteiger partial charge < -0.3 is 10.8 Å². The summed E-state index contributed by atoms with van der Waals surface area (Å²) in [5, 5.41) is 9.16. The van der Waals surface area contributed by atoms with Gasteiger partial charge in [0.15, 0.2) is 0 Å². The Morgan fingerprint density at radius 1 is 1.54 bits per heavy atom. The number of nitrogens with two attached hydrogens (primary N) is 1. The Morgan fingerprint density at radius 3 is 2.62 bits per heavy atom. The van der Waals surface area contributed by atoms with Crippen LogP contribution in [0.4, 0.5) is 4.39 Å². The van der Waals surface area contributed by atoms with Crippen LogP contribution in [0.1, 0.15) is 18.5 Å². The van der Waals surface area contributed by atoms with Gasteiger partial charge in [-0.2, -0.15) is 0 Å². The highest BCUT2D eigenvalue weighted by atomic mass is 79.9. The third-order valence-electron chi connectivity index (χ3n) is 1.84. The van der Waals surface area contributed by atoms with Crippen LogP contribution in [0.2, 0.25) is 0 Å². The quantitative estimate of drug-likeness (QED) is 0.840. The molecule has 0 amide bonds. The zero-order valence-electron chi connectivity index (χ0n) is 7.17. The van der Waals surface area contributed by atoms with Crippen molar-refractivity contribution in [2.45, 2.75) is 19.1 Å². The van der Waals surface area contributed by atoms with Crippen LogP contribution >= 0.6 is 15.9 Å². The van der Waals surface area contributed by atoms with Gasteiger partial charge in [-0.05, 0) is 19.1 Å². The predicted octanol–water partition coefficient (Wildman–Crippen LogP) is 1.97. The van der Waals surface area contributed by atoms with Gasteiger partial charge in [0.25, 0.3) is 0 Å². The molecule has 0 saturated heterocycles. The number of benzene rings is 1. The Morgan fingerprint density at radius 2 is 2.15 bits per heavy atom. The van der Waals surface area contributed by atoms with Crippen LogP contribution in [-0.4, -0.2) is 11.2 Å². The molecule has 2 nitrogen and oxygen atoms in total. The molecule has 13 heavy (non-hydrogen) atoms. The fourth-order valence-electron chi connectivity index (χ4n) is 1.03. The van der Waals surface area contributed by atoms with Crippen LogP contribution in [0, 0.1) is 5.82 Å². The minimum absolute atomic E-state index is 0.332. The molecule has 3 N–H and O–H groups in total. The van der Waals surface area contributed by atoms with Crippen LogP contribution in [0.3, 0.4) is 0 Å². The summed E-state index contributed by atoms with van der Waals surface area (Å²) in [4.78, 5) is 0. The minimum atomic E-state index is -0.754. The van der Waals surface area contributed by atoms with E-state index in [0.29, 0.717) is 10.0 Å². The summed E-state index contributed by atoms with van der Waals surface area (Å²) < 4.78 is 13.9. The highest BCUT2D eigenvalue weighted by Gasteiger charge is 2.15. The Kier molecular flexibility index (Phi) is 3.41. The van der Waals surface area contributed by atoms with Gasteiger partial charge in [0.1, 0.15) is 5.82 Å². The standard InChI is InChI=1S/C9H11BrFNO/c1-5(13)9(12)7-3-2-6(10)4-8(7)11/h2-5,9,13H,12H2,1H3/t5-,9+/m1/s1. The first kappa shape index (κ1) is 10.6. The van der Waals surface area contributed by atoms with Crippen molar-refractivity contribution >= 4 is 15.9 Å². The average Bonchev–Trinajstić information content (AvgIpc) is 2.03. The van der Waals surface area contributed by atoms with E-state index in [-0.39, 0.29) is 0 Å². The van der Waals surface area contributed by atoms with Crippen LogP contribution in [-0.2, 0) is 0 Å². The van der Waals surface area contributed by atoms with E-state index in [2.05, 4.69) is 15.9 Å². The fourth-order valence-corrected chi connectivity index (χ4v) is 1.36. The molecule has 0 saturated carbocycles. The number of aliphatic hydroxyl groups excluding tert-OH is 1. The molecule has 1 aromatic carbocycles. The summed E-state index contributed by atoms with van der Waals surface area (Å²) in [5.41, 5.74) is 5.92. The van der Waals surface area contributed by atoms with Crippen molar-refractivity contribution in [2.24, 2.45) is 5.73 Å². The lowest BCUT2D eigenvalue weighted by molar-refractivity contribution is 0.162. The molecular weight excluding hydrogens is 237 g/mol. The van der Waals surface area contributed by atoms with E-state index in [1.807, 2.05) is 0 Å². The van der Waals surface area contributed by atoms with Crippen LogP contribution in [0.5, 0.6) is 0 Å². The van der Waals surface area contributed by atoms with Crippen molar-refractivity contribution < 1.29 is 9.50 Å². The van der Waals surface area contributed by atoms with Crippen LogP contribution in [0.15, 0.2) is 22.7 Å². The average molecular weight is 248 g/mol. The van der Waals surface area contributed by atoms with Crippen molar-refractivity contribution in [3.63, 3.8) is 0 Å². The molecule has 0 radical (unpaired) electrons. The highest BCUT2D eigenvalue weighted by Crippen LogP contribution is 2.21. The van der Waals surface area contributed by atoms with Crippen molar-refractivity contribution in [2.75, 3.05) is 0 Å². The summed E-state index contributed by atoms with van der Waals surface area (Å²) >= 11 is 3.14. The van der Waals surface area contributed by atoms with Gasteiger partial charge in [-0.1, -0.05) is 22.0 Å². The zero-order valence-corrected chi connectivity index (χ0v) is 8.75. The number of hydrogen-bond donors (Lipinski definition) is 2. The van der Waals surface area contributed by atoms with E-state index in [0.717, 1.165) is 0 Å². The maximum absolute atomic E-state index is 13.2. The first-order valence-corrected chi connectivity index (χ1v) is 4.70. The molecule has 2 atom stereocenters. The van der Waals surface area contributed by atoms with E-state index < -0.39 is 18.0 Å². The number of halogens is 2. The molecule has 4 heteroatoms. The normalized spacial score (nSPS) is 15.5. The van der Waals surface area contributed by atoms with Crippen molar-refractivity contribution in [1.82, 2.24) is 0 Å². The number of hydrogen-bond acceptors (Lipinski definition) is 2. The third kappa shape index (κ3) is 2.49. The molecule has 0 heterocycles. The Bertz CT molecular complexity index is 304. The van der Waals surface area contributed by atoms with E-state index in [9.17, 15) is 4.39 Å². The Labute approximate surface area is 84.7 Å². The molecule has 0 aromatic heterocycles. The Hall–Kier alpha value is -0.450. The van der Waals surface area contributed by atoms with Crippen LogP contribution < -0.4 is 5.73 Å². The second-order valence-electron chi connectivity index (χ2n) is 2.93. The summed E-state index contributed by atoms with van der Waals surface area (Å²) in [7, 11) is 0. The number of aliphatic hydroxyl groups is 1. The second-order valence-corrected chi connectivity index (χ2v) is 3.85. The first-order valence-electron chi connectivity index (χ1n) is 3.91. The lowest BCUT2D eigenvalue weighted by atomic mass is 10.0. The van der Waals surface area contributed by atoms with Crippen molar-refractivity contribution in [3.8, 4) is 0 Å². The largest absolute Gasteiger partial charge is 0.391 e. The van der Waals surface area contributed by atoms with Gasteiger partial charge >= 0.3 is 0 Å². The molecule has 0 aliphatic heterocycles. The van der Waals surface area contributed by atoms with Gasteiger partial charge in [0.05, 0.1) is 12.1 Å². The SMILES string of the molecule is C[C@@H](O)[C@H](N)c1ccc(Br)cc1F. The molecule has 0 unspecified atom stereocenters. The number of rotatable bonds is 2. The summed E-state index contributed by atoms with van der Waals surface area (Å²) in [6.45, 7) is 1.53. The summed E-state index contributed by atoms with van der Waals surface area (Å²) in [6, 6.07) is 3.92. The molecule has 0 aliphatic carbocycles. The minimum Gasteiger partial charge on any atom is -0.391 e. The molecule has 1 rings (SSSR count). The van der Waals surface area contributed by atoms with Gasteiger partial charge in [-0.15, -0.1) is 0 Å². The summed E-state index contributed by atoms with van der Waals surface area (Å²) in [5.74, 6) is -0.400. The maximum Gasteiger partial charge on any atom is 0.129 e. The van der Waals surface area contributed by atoms with E-state index in [1.165, 1.54) is 13.0 Å². The second kappa shape index (κ2) is 4.17. The molecular formula is C9H11BrFNO.